The van der Waals surface area contributed by atoms with E-state index in [1.807, 2.05) is 25.1 Å². The monoisotopic (exact) mass is 292 g/mol. The Morgan fingerprint density at radius 1 is 1.33 bits per heavy atom. The summed E-state index contributed by atoms with van der Waals surface area (Å²) in [6, 6.07) is 6.96. The van der Waals surface area contributed by atoms with Gasteiger partial charge in [0, 0.05) is 0 Å². The summed E-state index contributed by atoms with van der Waals surface area (Å²) >= 11 is 0. The number of carbonyl (C=O) groups excluding carboxylic acids is 2. The van der Waals surface area contributed by atoms with Crippen molar-refractivity contribution in [2.45, 2.75) is 32.4 Å². The number of aryl methyl sites for hydroxylation is 1. The molecule has 0 aliphatic carbocycles. The minimum atomic E-state index is -0.937. The fraction of sp³-hybridized carbons (Fsp3) is 0.467. The molecule has 6 heteroatoms. The number of benzene rings is 1. The van der Waals surface area contributed by atoms with Crippen LogP contribution in [0.4, 0.5) is 4.79 Å². The van der Waals surface area contributed by atoms with Gasteiger partial charge in [-0.2, -0.15) is 0 Å². The SMILES string of the molecule is Cc1ccccc1OC[C@@H](O)CN1C(=O)NC(C)(C)C1=O. The summed E-state index contributed by atoms with van der Waals surface area (Å²) < 4.78 is 5.51. The van der Waals surface area contributed by atoms with Gasteiger partial charge in [0.15, 0.2) is 0 Å². The van der Waals surface area contributed by atoms with E-state index in [1.165, 1.54) is 0 Å². The van der Waals surface area contributed by atoms with Crippen molar-refractivity contribution >= 4 is 11.9 Å². The molecule has 1 aliphatic rings. The van der Waals surface area contributed by atoms with Gasteiger partial charge in [0.1, 0.15) is 24.0 Å². The standard InChI is InChI=1S/C15H20N2O4/c1-10-6-4-5-7-12(10)21-9-11(18)8-17-13(19)15(2,3)16-14(17)20/h4-7,11,18H,8-9H2,1-3H3,(H,16,20)/t11-/m0/s1. The van der Waals surface area contributed by atoms with Crippen molar-refractivity contribution < 1.29 is 19.4 Å². The van der Waals surface area contributed by atoms with E-state index in [1.54, 1.807) is 19.9 Å². The second kappa shape index (κ2) is 5.73. The average molecular weight is 292 g/mol. The fourth-order valence-corrected chi connectivity index (χ4v) is 2.15. The van der Waals surface area contributed by atoms with Crippen LogP contribution in [0.25, 0.3) is 0 Å². The smallest absolute Gasteiger partial charge is 0.325 e. The van der Waals surface area contributed by atoms with Crippen LogP contribution < -0.4 is 10.1 Å². The maximum absolute atomic E-state index is 12.0. The summed E-state index contributed by atoms with van der Waals surface area (Å²) in [4.78, 5) is 24.7. The molecule has 0 unspecified atom stereocenters. The van der Waals surface area contributed by atoms with Crippen molar-refractivity contribution in [3.8, 4) is 5.75 Å². The van der Waals surface area contributed by atoms with Crippen molar-refractivity contribution in [2.24, 2.45) is 0 Å². The molecule has 0 spiro atoms. The summed E-state index contributed by atoms with van der Waals surface area (Å²) in [5.41, 5.74) is 0.0362. The van der Waals surface area contributed by atoms with E-state index in [2.05, 4.69) is 5.32 Å². The van der Waals surface area contributed by atoms with Crippen LogP contribution in [-0.2, 0) is 4.79 Å². The Bertz CT molecular complexity index is 556. The molecule has 1 heterocycles. The van der Waals surface area contributed by atoms with E-state index >= 15 is 0 Å². The van der Waals surface area contributed by atoms with Gasteiger partial charge < -0.3 is 15.2 Å². The average Bonchev–Trinajstić information content (AvgIpc) is 2.60. The van der Waals surface area contributed by atoms with Crippen LogP contribution in [0.3, 0.4) is 0 Å². The lowest BCUT2D eigenvalue weighted by Crippen LogP contribution is -2.42. The lowest BCUT2D eigenvalue weighted by Gasteiger charge is -2.19. The van der Waals surface area contributed by atoms with Crippen LogP contribution in [0.5, 0.6) is 5.75 Å². The lowest BCUT2D eigenvalue weighted by atomic mass is 10.1. The largest absolute Gasteiger partial charge is 0.491 e. The number of ether oxygens (including phenoxy) is 1. The molecule has 1 saturated heterocycles. The Morgan fingerprint density at radius 2 is 2.00 bits per heavy atom. The highest BCUT2D eigenvalue weighted by Gasteiger charge is 2.44. The van der Waals surface area contributed by atoms with Gasteiger partial charge in [-0.25, -0.2) is 4.79 Å². The molecule has 0 saturated carbocycles. The van der Waals surface area contributed by atoms with E-state index in [-0.39, 0.29) is 19.1 Å². The molecule has 0 bridgehead atoms. The third-order valence-corrected chi connectivity index (χ3v) is 3.36. The summed E-state index contributed by atoms with van der Waals surface area (Å²) in [5.74, 6) is 0.330. The number of β-amino-alcohol motifs (C(OH)–C–C–N with tert-alkyl or cyclic N) is 1. The molecule has 1 aromatic carbocycles. The molecule has 0 aromatic heterocycles. The molecule has 114 valence electrons. The van der Waals surface area contributed by atoms with Gasteiger partial charge in [0.05, 0.1) is 6.54 Å². The predicted octanol–water partition coefficient (Wildman–Crippen LogP) is 1.07. The Hall–Kier alpha value is -2.08. The first-order valence-corrected chi connectivity index (χ1v) is 6.82. The van der Waals surface area contributed by atoms with Crippen molar-refractivity contribution in [3.05, 3.63) is 29.8 Å². The number of para-hydroxylation sites is 1. The zero-order chi connectivity index (χ0) is 15.6. The van der Waals surface area contributed by atoms with Crippen molar-refractivity contribution in [1.29, 1.82) is 0 Å². The van der Waals surface area contributed by atoms with Gasteiger partial charge in [0.2, 0.25) is 0 Å². The number of nitrogens with one attached hydrogen (secondary N) is 1. The zero-order valence-corrected chi connectivity index (χ0v) is 12.4. The number of hydrogen-bond donors (Lipinski definition) is 2. The van der Waals surface area contributed by atoms with E-state index in [4.69, 9.17) is 4.74 Å². The number of imide groups is 1. The third kappa shape index (κ3) is 3.33. The number of urea groups is 1. The number of hydrogen-bond acceptors (Lipinski definition) is 4. The minimum Gasteiger partial charge on any atom is -0.491 e. The van der Waals surface area contributed by atoms with Crippen LogP contribution in [-0.4, -0.2) is 46.7 Å². The molecule has 1 atom stereocenters. The third-order valence-electron chi connectivity index (χ3n) is 3.36. The molecular weight excluding hydrogens is 272 g/mol. The summed E-state index contributed by atoms with van der Waals surface area (Å²) in [6.45, 7) is 5.09. The number of rotatable bonds is 5. The molecule has 1 aliphatic heterocycles. The lowest BCUT2D eigenvalue weighted by molar-refractivity contribution is -0.131. The molecular formula is C15H20N2O4. The highest BCUT2D eigenvalue weighted by molar-refractivity contribution is 6.06. The quantitative estimate of drug-likeness (QED) is 0.796. The topological polar surface area (TPSA) is 78.9 Å². The molecule has 21 heavy (non-hydrogen) atoms. The number of aliphatic hydroxyl groups is 1. The fourth-order valence-electron chi connectivity index (χ4n) is 2.15. The highest BCUT2D eigenvalue weighted by Crippen LogP contribution is 2.18. The van der Waals surface area contributed by atoms with Gasteiger partial charge in [-0.3, -0.25) is 9.69 Å². The highest BCUT2D eigenvalue weighted by atomic mass is 16.5. The maximum Gasteiger partial charge on any atom is 0.325 e. The van der Waals surface area contributed by atoms with E-state index < -0.39 is 17.7 Å². The van der Waals surface area contributed by atoms with Crippen molar-refractivity contribution in [1.82, 2.24) is 10.2 Å². The molecule has 1 fully saturated rings. The first kappa shape index (κ1) is 15.3. The van der Waals surface area contributed by atoms with Gasteiger partial charge >= 0.3 is 6.03 Å². The number of nitrogens with zero attached hydrogens (tertiary/aromatic N) is 1. The van der Waals surface area contributed by atoms with Crippen LogP contribution in [0, 0.1) is 6.92 Å². The summed E-state index contributed by atoms with van der Waals surface area (Å²) in [6.07, 6.45) is -0.937. The van der Waals surface area contributed by atoms with Crippen LogP contribution >= 0.6 is 0 Å². The van der Waals surface area contributed by atoms with Gasteiger partial charge in [-0.05, 0) is 32.4 Å². The maximum atomic E-state index is 12.0. The Balaban J connectivity index is 1.91. The molecule has 1 aromatic rings. The molecule has 0 radical (unpaired) electrons. The predicted molar refractivity (Wildman–Crippen MR) is 77.0 cm³/mol. The minimum absolute atomic E-state index is 0.0162. The second-order valence-electron chi connectivity index (χ2n) is 5.70. The van der Waals surface area contributed by atoms with E-state index in [0.29, 0.717) is 5.75 Å². The van der Waals surface area contributed by atoms with Gasteiger partial charge in [-0.15, -0.1) is 0 Å². The van der Waals surface area contributed by atoms with Gasteiger partial charge in [0.25, 0.3) is 5.91 Å². The van der Waals surface area contributed by atoms with E-state index in [0.717, 1.165) is 10.5 Å². The molecule has 2 N–H and O–H groups in total. The van der Waals surface area contributed by atoms with E-state index in [9.17, 15) is 14.7 Å². The molecule has 2 rings (SSSR count). The zero-order valence-electron chi connectivity index (χ0n) is 12.4. The molecule has 6 nitrogen and oxygen atoms in total. The molecule has 3 amide bonds. The first-order chi connectivity index (χ1) is 9.81. The van der Waals surface area contributed by atoms with Crippen molar-refractivity contribution in [2.75, 3.05) is 13.2 Å². The van der Waals surface area contributed by atoms with Crippen LogP contribution in [0.1, 0.15) is 19.4 Å². The summed E-state index contributed by atoms with van der Waals surface area (Å²) in [7, 11) is 0. The number of amides is 3. The van der Waals surface area contributed by atoms with Crippen LogP contribution in [0.15, 0.2) is 24.3 Å². The Morgan fingerprint density at radius 3 is 2.57 bits per heavy atom. The summed E-state index contributed by atoms with van der Waals surface area (Å²) in [5, 5.41) is 12.5. The first-order valence-electron chi connectivity index (χ1n) is 6.82. The van der Waals surface area contributed by atoms with Gasteiger partial charge in [-0.1, -0.05) is 18.2 Å². The van der Waals surface area contributed by atoms with Crippen molar-refractivity contribution in [3.63, 3.8) is 0 Å². The Kier molecular flexibility index (Phi) is 4.18. The number of aliphatic hydroxyl groups excluding tert-OH is 1. The normalized spacial score (nSPS) is 18.6. The number of carbonyl (C=O) groups is 2. The van der Waals surface area contributed by atoms with Crippen LogP contribution in [0.2, 0.25) is 0 Å². The second-order valence-corrected chi connectivity index (χ2v) is 5.70. The Labute approximate surface area is 123 Å².